The van der Waals surface area contributed by atoms with Crippen LogP contribution < -0.4 is 4.90 Å². The maximum Gasteiger partial charge on any atom is 0.267 e. The monoisotopic (exact) mass is 335 g/mol. The third-order valence-corrected chi connectivity index (χ3v) is 3.73. The normalized spacial score (nSPS) is 10.5. The van der Waals surface area contributed by atoms with E-state index in [2.05, 4.69) is 15.5 Å². The van der Waals surface area contributed by atoms with Crippen molar-refractivity contribution >= 4 is 17.8 Å². The standard InChI is InChI=1S/C18H17N5O2/c1-12-6-4-8-14(10-12)16(24)23(18-19-20-21-22(18)3)17(25)15-9-5-7-13(2)11-15/h4-11H,1-3H3. The minimum absolute atomic E-state index is 0.0676. The van der Waals surface area contributed by atoms with Gasteiger partial charge in [0, 0.05) is 18.2 Å². The Labute approximate surface area is 144 Å². The molecule has 0 N–H and O–H groups in total. The molecule has 0 spiro atoms. The van der Waals surface area contributed by atoms with Crippen molar-refractivity contribution in [3.05, 3.63) is 70.8 Å². The Morgan fingerprint density at radius 3 is 1.84 bits per heavy atom. The number of aryl methyl sites for hydroxylation is 3. The number of benzene rings is 2. The van der Waals surface area contributed by atoms with Crippen LogP contribution in [0, 0.1) is 13.8 Å². The van der Waals surface area contributed by atoms with Gasteiger partial charge in [0.1, 0.15) is 0 Å². The zero-order valence-corrected chi connectivity index (χ0v) is 14.2. The predicted octanol–water partition coefficient (Wildman–Crippen LogP) is 2.31. The van der Waals surface area contributed by atoms with Crippen molar-refractivity contribution in [1.29, 1.82) is 0 Å². The molecule has 0 bridgehead atoms. The fraction of sp³-hybridized carbons (Fsp3) is 0.167. The van der Waals surface area contributed by atoms with Gasteiger partial charge in [-0.2, -0.15) is 0 Å². The first-order valence-electron chi connectivity index (χ1n) is 7.72. The van der Waals surface area contributed by atoms with Gasteiger partial charge in [-0.25, -0.2) is 9.58 Å². The molecule has 0 radical (unpaired) electrons. The molecule has 0 saturated heterocycles. The minimum Gasteiger partial charge on any atom is -0.268 e. The van der Waals surface area contributed by atoms with Gasteiger partial charge in [-0.05, 0) is 48.5 Å². The van der Waals surface area contributed by atoms with Crippen LogP contribution in [0.15, 0.2) is 48.5 Å². The summed E-state index contributed by atoms with van der Waals surface area (Å²) in [5, 5.41) is 11.1. The van der Waals surface area contributed by atoms with E-state index in [1.165, 1.54) is 4.68 Å². The summed E-state index contributed by atoms with van der Waals surface area (Å²) >= 11 is 0. The Bertz CT molecular complexity index is 890. The fourth-order valence-electron chi connectivity index (χ4n) is 2.50. The van der Waals surface area contributed by atoms with Gasteiger partial charge >= 0.3 is 0 Å². The van der Waals surface area contributed by atoms with E-state index in [1.807, 2.05) is 26.0 Å². The van der Waals surface area contributed by atoms with Crippen LogP contribution in [0.25, 0.3) is 0 Å². The average Bonchev–Trinajstić information content (AvgIpc) is 3.01. The molecular weight excluding hydrogens is 318 g/mol. The lowest BCUT2D eigenvalue weighted by atomic mass is 10.1. The van der Waals surface area contributed by atoms with Crippen LogP contribution in [0.2, 0.25) is 0 Å². The quantitative estimate of drug-likeness (QED) is 0.686. The van der Waals surface area contributed by atoms with Crippen molar-refractivity contribution in [2.45, 2.75) is 13.8 Å². The summed E-state index contributed by atoms with van der Waals surface area (Å²) in [7, 11) is 1.58. The summed E-state index contributed by atoms with van der Waals surface area (Å²) in [6.07, 6.45) is 0. The van der Waals surface area contributed by atoms with E-state index in [0.29, 0.717) is 11.1 Å². The van der Waals surface area contributed by atoms with Crippen molar-refractivity contribution in [3.8, 4) is 0 Å². The van der Waals surface area contributed by atoms with Crippen LogP contribution in [0.1, 0.15) is 31.8 Å². The Balaban J connectivity index is 2.09. The predicted molar refractivity (Wildman–Crippen MR) is 92.3 cm³/mol. The molecule has 2 amide bonds. The highest BCUT2D eigenvalue weighted by atomic mass is 16.2. The smallest absolute Gasteiger partial charge is 0.267 e. The highest BCUT2D eigenvalue weighted by Gasteiger charge is 2.30. The van der Waals surface area contributed by atoms with Gasteiger partial charge in [0.05, 0.1) is 0 Å². The second-order valence-electron chi connectivity index (χ2n) is 5.79. The number of amides is 2. The SMILES string of the molecule is Cc1cccc(C(=O)N(C(=O)c2cccc(C)c2)c2nnnn2C)c1. The van der Waals surface area contributed by atoms with E-state index in [1.54, 1.807) is 43.4 Å². The molecule has 1 heterocycles. The Morgan fingerprint density at radius 2 is 1.44 bits per heavy atom. The molecule has 0 atom stereocenters. The molecule has 3 aromatic rings. The fourth-order valence-corrected chi connectivity index (χ4v) is 2.50. The van der Waals surface area contributed by atoms with Gasteiger partial charge < -0.3 is 0 Å². The van der Waals surface area contributed by atoms with Crippen LogP contribution in [0.5, 0.6) is 0 Å². The molecule has 3 rings (SSSR count). The molecule has 0 aliphatic heterocycles. The lowest BCUT2D eigenvalue weighted by Crippen LogP contribution is -2.39. The molecule has 2 aromatic carbocycles. The first-order valence-corrected chi connectivity index (χ1v) is 7.72. The van der Waals surface area contributed by atoms with Gasteiger partial charge in [0.15, 0.2) is 0 Å². The highest BCUT2D eigenvalue weighted by Crippen LogP contribution is 2.18. The molecule has 1 aromatic heterocycles. The number of carbonyl (C=O) groups is 2. The number of nitrogens with zero attached hydrogens (tertiary/aromatic N) is 5. The number of carbonyl (C=O) groups excluding carboxylic acids is 2. The topological polar surface area (TPSA) is 81.0 Å². The molecule has 0 fully saturated rings. The second kappa shape index (κ2) is 6.64. The van der Waals surface area contributed by atoms with E-state index in [-0.39, 0.29) is 5.95 Å². The highest BCUT2D eigenvalue weighted by molar-refractivity contribution is 6.25. The molecule has 0 aliphatic rings. The molecule has 0 aliphatic carbocycles. The zero-order chi connectivity index (χ0) is 18.0. The lowest BCUT2D eigenvalue weighted by molar-refractivity contribution is 0.0893. The lowest BCUT2D eigenvalue weighted by Gasteiger charge is -2.19. The van der Waals surface area contributed by atoms with E-state index in [4.69, 9.17) is 0 Å². The number of imide groups is 1. The maximum absolute atomic E-state index is 13.0. The molecule has 0 saturated carbocycles. The van der Waals surface area contributed by atoms with Gasteiger partial charge in [-0.1, -0.05) is 40.5 Å². The van der Waals surface area contributed by atoms with Crippen molar-refractivity contribution in [2.75, 3.05) is 4.90 Å². The second-order valence-corrected chi connectivity index (χ2v) is 5.79. The molecular formula is C18H17N5O2. The summed E-state index contributed by atoms with van der Waals surface area (Å²) in [4.78, 5) is 27.1. The molecule has 7 nitrogen and oxygen atoms in total. The third kappa shape index (κ3) is 3.30. The molecule has 0 unspecified atom stereocenters. The van der Waals surface area contributed by atoms with Gasteiger partial charge in [-0.15, -0.1) is 0 Å². The number of hydrogen-bond donors (Lipinski definition) is 0. The number of hydrogen-bond acceptors (Lipinski definition) is 5. The first-order chi connectivity index (χ1) is 12.0. The summed E-state index contributed by atoms with van der Waals surface area (Å²) in [5.41, 5.74) is 2.63. The summed E-state index contributed by atoms with van der Waals surface area (Å²) in [5.74, 6) is -0.890. The van der Waals surface area contributed by atoms with Crippen molar-refractivity contribution < 1.29 is 9.59 Å². The molecule has 25 heavy (non-hydrogen) atoms. The molecule has 126 valence electrons. The minimum atomic E-state index is -0.479. The number of anilines is 1. The van der Waals surface area contributed by atoms with Crippen molar-refractivity contribution in [2.24, 2.45) is 7.05 Å². The third-order valence-electron chi connectivity index (χ3n) is 3.73. The number of tetrazole rings is 1. The average molecular weight is 335 g/mol. The van der Waals surface area contributed by atoms with E-state index in [9.17, 15) is 9.59 Å². The maximum atomic E-state index is 13.0. The van der Waals surface area contributed by atoms with Crippen LogP contribution >= 0.6 is 0 Å². The van der Waals surface area contributed by atoms with Crippen LogP contribution in [-0.2, 0) is 7.05 Å². The molecule has 7 heteroatoms. The van der Waals surface area contributed by atoms with Crippen LogP contribution in [0.4, 0.5) is 5.95 Å². The summed E-state index contributed by atoms with van der Waals surface area (Å²) in [6, 6.07) is 14.1. The van der Waals surface area contributed by atoms with E-state index < -0.39 is 11.8 Å². The zero-order valence-electron chi connectivity index (χ0n) is 14.2. The Kier molecular flexibility index (Phi) is 4.38. The van der Waals surface area contributed by atoms with E-state index in [0.717, 1.165) is 16.0 Å². The van der Waals surface area contributed by atoms with Crippen LogP contribution in [-0.4, -0.2) is 32.0 Å². The summed E-state index contributed by atoms with van der Waals surface area (Å²) < 4.78 is 1.29. The Morgan fingerprint density at radius 1 is 0.920 bits per heavy atom. The van der Waals surface area contributed by atoms with E-state index >= 15 is 0 Å². The van der Waals surface area contributed by atoms with Gasteiger partial charge in [0.25, 0.3) is 17.8 Å². The summed E-state index contributed by atoms with van der Waals surface area (Å²) in [6.45, 7) is 3.76. The Hall–Kier alpha value is -3.35. The van der Waals surface area contributed by atoms with Crippen molar-refractivity contribution in [1.82, 2.24) is 20.2 Å². The largest absolute Gasteiger partial charge is 0.268 e. The van der Waals surface area contributed by atoms with Crippen molar-refractivity contribution in [3.63, 3.8) is 0 Å². The first kappa shape index (κ1) is 16.5. The van der Waals surface area contributed by atoms with Crippen LogP contribution in [0.3, 0.4) is 0 Å². The van der Waals surface area contributed by atoms with Gasteiger partial charge in [0.2, 0.25) is 0 Å². The number of aromatic nitrogens is 4. The number of rotatable bonds is 3. The van der Waals surface area contributed by atoms with Gasteiger partial charge in [-0.3, -0.25) is 9.59 Å².